The van der Waals surface area contributed by atoms with Crippen LogP contribution in [0.3, 0.4) is 0 Å². The average Bonchev–Trinajstić information content (AvgIpc) is 2.52. The van der Waals surface area contributed by atoms with Crippen molar-refractivity contribution < 1.29 is 24.4 Å². The van der Waals surface area contributed by atoms with E-state index in [4.69, 9.17) is 9.84 Å². The van der Waals surface area contributed by atoms with Gasteiger partial charge in [-0.05, 0) is 32.9 Å². The Labute approximate surface area is 151 Å². The number of amides is 1. The molecule has 142 valence electrons. The summed E-state index contributed by atoms with van der Waals surface area (Å²) >= 11 is 0. The molecule has 2 rings (SSSR count). The Morgan fingerprint density at radius 1 is 1.23 bits per heavy atom. The molecule has 26 heavy (non-hydrogen) atoms. The fourth-order valence-corrected chi connectivity index (χ4v) is 2.72. The van der Waals surface area contributed by atoms with Crippen LogP contribution >= 0.6 is 0 Å². The Bertz CT molecular complexity index is 705. The Balaban J connectivity index is 2.08. The van der Waals surface area contributed by atoms with E-state index in [1.54, 1.807) is 11.0 Å². The van der Waals surface area contributed by atoms with Gasteiger partial charge in [-0.2, -0.15) is 0 Å². The summed E-state index contributed by atoms with van der Waals surface area (Å²) in [5, 5.41) is 20.0. The highest BCUT2D eigenvalue weighted by Crippen LogP contribution is 2.26. The van der Waals surface area contributed by atoms with E-state index in [-0.39, 0.29) is 17.3 Å². The van der Waals surface area contributed by atoms with E-state index in [1.165, 1.54) is 12.1 Å². The van der Waals surface area contributed by atoms with Crippen molar-refractivity contribution in [1.82, 2.24) is 4.90 Å². The summed E-state index contributed by atoms with van der Waals surface area (Å²) in [5.41, 5.74) is 0.104. The van der Waals surface area contributed by atoms with E-state index in [9.17, 15) is 19.7 Å². The van der Waals surface area contributed by atoms with E-state index >= 15 is 0 Å². The molecule has 0 aromatic heterocycles. The van der Waals surface area contributed by atoms with E-state index < -0.39 is 22.9 Å². The first-order chi connectivity index (χ1) is 12.1. The van der Waals surface area contributed by atoms with Crippen molar-refractivity contribution in [3.05, 3.63) is 33.9 Å². The van der Waals surface area contributed by atoms with Crippen molar-refractivity contribution in [1.29, 1.82) is 0 Å². The van der Waals surface area contributed by atoms with Crippen LogP contribution in [0, 0.1) is 10.1 Å². The molecule has 1 aliphatic rings. The zero-order valence-corrected chi connectivity index (χ0v) is 15.1. The Morgan fingerprint density at radius 2 is 1.85 bits per heavy atom. The number of anilines is 1. The number of nitrogens with zero attached hydrogens (tertiary/aromatic N) is 3. The lowest BCUT2D eigenvalue weighted by Crippen LogP contribution is -2.50. The second-order valence-electron chi connectivity index (χ2n) is 7.10. The topological polar surface area (TPSA) is 113 Å². The van der Waals surface area contributed by atoms with Crippen molar-refractivity contribution in [3.63, 3.8) is 0 Å². The van der Waals surface area contributed by atoms with Gasteiger partial charge in [0.2, 0.25) is 0 Å². The van der Waals surface area contributed by atoms with Crippen LogP contribution in [0.25, 0.3) is 0 Å². The Kier molecular flexibility index (Phi) is 5.69. The smallest absolute Gasteiger partial charge is 0.410 e. The minimum absolute atomic E-state index is 0.162. The maximum atomic E-state index is 12.1. The molecule has 0 unspecified atom stereocenters. The van der Waals surface area contributed by atoms with Crippen molar-refractivity contribution in [3.8, 4) is 0 Å². The molecule has 0 bridgehead atoms. The monoisotopic (exact) mass is 365 g/mol. The summed E-state index contributed by atoms with van der Waals surface area (Å²) in [4.78, 5) is 37.1. The molecule has 1 N–H and O–H groups in total. The summed E-state index contributed by atoms with van der Waals surface area (Å²) in [5.74, 6) is -1.13. The summed E-state index contributed by atoms with van der Waals surface area (Å²) in [6, 6.07) is 4.47. The quantitative estimate of drug-likeness (QED) is 0.643. The zero-order chi connectivity index (χ0) is 19.5. The van der Waals surface area contributed by atoms with Gasteiger partial charge in [0.15, 0.2) is 0 Å². The van der Waals surface area contributed by atoms with Crippen LogP contribution in [-0.4, -0.2) is 58.8 Å². The predicted molar refractivity (Wildman–Crippen MR) is 94.5 cm³/mol. The van der Waals surface area contributed by atoms with Crippen molar-refractivity contribution >= 4 is 23.4 Å². The minimum atomic E-state index is -1.13. The Morgan fingerprint density at radius 3 is 2.35 bits per heavy atom. The van der Waals surface area contributed by atoms with Crippen LogP contribution in [0.1, 0.15) is 26.3 Å². The van der Waals surface area contributed by atoms with Crippen molar-refractivity contribution in [2.75, 3.05) is 31.1 Å². The third-order valence-electron chi connectivity index (χ3n) is 3.90. The average molecular weight is 365 g/mol. The molecule has 1 aromatic carbocycles. The number of carbonyl (C=O) groups is 2. The third kappa shape index (κ3) is 5.08. The number of hydrogen-bond acceptors (Lipinski definition) is 6. The highest BCUT2D eigenvalue weighted by Gasteiger charge is 2.27. The van der Waals surface area contributed by atoms with Gasteiger partial charge in [0, 0.05) is 43.5 Å². The van der Waals surface area contributed by atoms with Crippen LogP contribution in [0.2, 0.25) is 0 Å². The van der Waals surface area contributed by atoms with Gasteiger partial charge in [0.1, 0.15) is 5.60 Å². The molecular weight excluding hydrogens is 342 g/mol. The van der Waals surface area contributed by atoms with Crippen LogP contribution < -0.4 is 4.90 Å². The number of piperazine rings is 1. The first-order valence-electron chi connectivity index (χ1n) is 8.29. The molecule has 0 atom stereocenters. The van der Waals surface area contributed by atoms with Crippen LogP contribution in [0.4, 0.5) is 16.2 Å². The molecule has 0 radical (unpaired) electrons. The third-order valence-corrected chi connectivity index (χ3v) is 3.90. The molecule has 1 aromatic rings. The van der Waals surface area contributed by atoms with Gasteiger partial charge in [-0.25, -0.2) is 4.79 Å². The molecule has 0 spiro atoms. The highest BCUT2D eigenvalue weighted by molar-refractivity contribution is 5.73. The molecule has 0 saturated carbocycles. The molecule has 1 amide bonds. The van der Waals surface area contributed by atoms with E-state index in [2.05, 4.69) is 0 Å². The molecule has 1 fully saturated rings. The zero-order valence-electron chi connectivity index (χ0n) is 15.1. The molecule has 1 heterocycles. The number of ether oxygens (including phenoxy) is 1. The van der Waals surface area contributed by atoms with Crippen LogP contribution in [0.5, 0.6) is 0 Å². The van der Waals surface area contributed by atoms with Crippen LogP contribution in [-0.2, 0) is 16.0 Å². The highest BCUT2D eigenvalue weighted by atomic mass is 16.6. The van der Waals surface area contributed by atoms with Gasteiger partial charge in [0.25, 0.3) is 5.69 Å². The van der Waals surface area contributed by atoms with Gasteiger partial charge in [-0.3, -0.25) is 14.9 Å². The molecule has 0 aliphatic carbocycles. The lowest BCUT2D eigenvalue weighted by Gasteiger charge is -2.36. The minimum Gasteiger partial charge on any atom is -0.481 e. The van der Waals surface area contributed by atoms with Crippen molar-refractivity contribution in [2.24, 2.45) is 0 Å². The number of benzene rings is 1. The van der Waals surface area contributed by atoms with Crippen LogP contribution in [0.15, 0.2) is 18.2 Å². The van der Waals surface area contributed by atoms with Gasteiger partial charge in [0.05, 0.1) is 11.3 Å². The molecule has 1 aliphatic heterocycles. The summed E-state index contributed by atoms with van der Waals surface area (Å²) in [6.45, 7) is 7.40. The number of hydrogen-bond donors (Lipinski definition) is 1. The number of nitro groups is 1. The lowest BCUT2D eigenvalue weighted by atomic mass is 10.1. The number of carboxylic acid groups (broad SMARTS) is 1. The van der Waals surface area contributed by atoms with E-state index in [0.29, 0.717) is 31.9 Å². The van der Waals surface area contributed by atoms with Gasteiger partial charge >= 0.3 is 12.1 Å². The van der Waals surface area contributed by atoms with E-state index in [1.807, 2.05) is 25.7 Å². The summed E-state index contributed by atoms with van der Waals surface area (Å²) < 4.78 is 5.35. The number of nitro benzene ring substituents is 1. The Hall–Kier alpha value is -2.84. The van der Waals surface area contributed by atoms with Gasteiger partial charge in [-0.15, -0.1) is 0 Å². The first-order valence-corrected chi connectivity index (χ1v) is 8.29. The maximum absolute atomic E-state index is 12.1. The number of rotatable bonds is 4. The van der Waals surface area contributed by atoms with Gasteiger partial charge < -0.3 is 19.6 Å². The molecule has 9 nitrogen and oxygen atoms in total. The second kappa shape index (κ2) is 7.59. The summed E-state index contributed by atoms with van der Waals surface area (Å²) in [7, 11) is 0. The normalized spacial score (nSPS) is 14.9. The number of carbonyl (C=O) groups excluding carboxylic acids is 1. The standard InChI is InChI=1S/C17H23N3O6/c1-17(2,3)26-16(23)19-8-6-18(7-9-19)13-4-5-14(20(24)25)12(10-13)11-15(21)22/h4-5,10H,6-9,11H2,1-3H3,(H,21,22). The maximum Gasteiger partial charge on any atom is 0.410 e. The molecule has 9 heteroatoms. The number of aliphatic carboxylic acids is 1. The predicted octanol–water partition coefficient (Wildman–Crippen LogP) is 2.28. The second-order valence-corrected chi connectivity index (χ2v) is 7.10. The fraction of sp³-hybridized carbons (Fsp3) is 0.529. The summed E-state index contributed by atoms with van der Waals surface area (Å²) in [6.07, 6.45) is -0.783. The van der Waals surface area contributed by atoms with E-state index in [0.717, 1.165) is 0 Å². The SMILES string of the molecule is CC(C)(C)OC(=O)N1CCN(c2ccc([N+](=O)[O-])c(CC(=O)O)c2)CC1. The van der Waals surface area contributed by atoms with Crippen molar-refractivity contribution in [2.45, 2.75) is 32.8 Å². The molecular formula is C17H23N3O6. The fourth-order valence-electron chi connectivity index (χ4n) is 2.72. The largest absolute Gasteiger partial charge is 0.481 e. The lowest BCUT2D eigenvalue weighted by molar-refractivity contribution is -0.385. The number of carboxylic acids is 1. The first kappa shape index (κ1) is 19.5. The van der Waals surface area contributed by atoms with Gasteiger partial charge in [-0.1, -0.05) is 0 Å². The molecule has 1 saturated heterocycles.